The number of nitrogens with zero attached hydrogens (tertiary/aromatic N) is 2. The van der Waals surface area contributed by atoms with Gasteiger partial charge in [-0.25, -0.2) is 0 Å². The molecule has 8 heteroatoms. The van der Waals surface area contributed by atoms with Crippen LogP contribution in [-0.4, -0.2) is 35.8 Å². The number of nitrogens with two attached hydrogens (primary N) is 1. The van der Waals surface area contributed by atoms with Crippen molar-refractivity contribution in [3.05, 3.63) is 29.3 Å². The summed E-state index contributed by atoms with van der Waals surface area (Å²) in [5.41, 5.74) is 4.39. The minimum atomic E-state index is -4.60. The highest BCUT2D eigenvalue weighted by atomic mass is 19.4. The number of hydrogen-bond donors (Lipinski definition) is 3. The molecule has 0 amide bonds. The third-order valence-electron chi connectivity index (χ3n) is 2.81. The first-order valence-electron chi connectivity index (χ1n) is 5.90. The van der Waals surface area contributed by atoms with Crippen LogP contribution in [0.15, 0.2) is 23.4 Å². The summed E-state index contributed by atoms with van der Waals surface area (Å²) in [6.07, 6.45) is -4.60. The number of anilines is 1. The van der Waals surface area contributed by atoms with Crippen LogP contribution in [0.5, 0.6) is 0 Å². The third-order valence-corrected chi connectivity index (χ3v) is 2.81. The van der Waals surface area contributed by atoms with Gasteiger partial charge in [-0.3, -0.25) is 0 Å². The second kappa shape index (κ2) is 6.47. The lowest BCUT2D eigenvalue weighted by Crippen LogP contribution is -2.27. The molecule has 0 atom stereocenters. The van der Waals surface area contributed by atoms with Gasteiger partial charge in [0, 0.05) is 24.3 Å². The lowest BCUT2D eigenvalue weighted by Gasteiger charge is -2.23. The number of aliphatic hydroxyl groups is 1. The molecule has 0 spiro atoms. The van der Waals surface area contributed by atoms with E-state index in [0.717, 1.165) is 6.07 Å². The van der Waals surface area contributed by atoms with E-state index in [1.165, 1.54) is 12.1 Å². The fourth-order valence-corrected chi connectivity index (χ4v) is 1.83. The minimum Gasteiger partial charge on any atom is -0.409 e. The Balaban J connectivity index is 3.34. The van der Waals surface area contributed by atoms with E-state index in [2.05, 4.69) is 5.16 Å². The van der Waals surface area contributed by atoms with Crippen molar-refractivity contribution in [3.63, 3.8) is 0 Å². The van der Waals surface area contributed by atoms with E-state index >= 15 is 0 Å². The summed E-state index contributed by atoms with van der Waals surface area (Å²) >= 11 is 0. The number of hydrogen-bond acceptors (Lipinski definition) is 4. The van der Waals surface area contributed by atoms with Crippen LogP contribution < -0.4 is 10.6 Å². The molecule has 4 N–H and O–H groups in total. The molecule has 1 rings (SSSR count). The van der Waals surface area contributed by atoms with E-state index in [9.17, 15) is 13.2 Å². The number of rotatable bonds is 5. The van der Waals surface area contributed by atoms with Gasteiger partial charge >= 0.3 is 6.18 Å². The van der Waals surface area contributed by atoms with Crippen molar-refractivity contribution in [2.45, 2.75) is 13.1 Å². The molecule has 0 aliphatic rings. The standard InChI is InChI=1S/C12H16F3N3O2/c1-2-18(5-6-19)8-3-4-10(12(13,14)15)9(7-8)11(16)17-20/h3-4,7,19-20H,2,5-6H2,1H3,(H2,16,17). The zero-order chi connectivity index (χ0) is 15.3. The molecular formula is C12H16F3N3O2. The van der Waals surface area contributed by atoms with Crippen LogP contribution in [0.4, 0.5) is 18.9 Å². The fourth-order valence-electron chi connectivity index (χ4n) is 1.83. The monoisotopic (exact) mass is 291 g/mol. The van der Waals surface area contributed by atoms with Crippen molar-refractivity contribution >= 4 is 11.5 Å². The van der Waals surface area contributed by atoms with Crippen molar-refractivity contribution in [2.75, 3.05) is 24.6 Å². The Morgan fingerprint density at radius 1 is 1.40 bits per heavy atom. The maximum Gasteiger partial charge on any atom is 0.417 e. The lowest BCUT2D eigenvalue weighted by atomic mass is 10.0. The van der Waals surface area contributed by atoms with Gasteiger partial charge in [-0.15, -0.1) is 0 Å². The van der Waals surface area contributed by atoms with Crippen LogP contribution in [0.3, 0.4) is 0 Å². The number of alkyl halides is 3. The summed E-state index contributed by atoms with van der Waals surface area (Å²) in [6, 6.07) is 3.36. The SMILES string of the molecule is CCN(CCO)c1ccc(C(F)(F)F)c(/C(N)=N/O)c1. The Bertz CT molecular complexity index is 489. The second-order valence-electron chi connectivity index (χ2n) is 4.02. The van der Waals surface area contributed by atoms with E-state index in [1.54, 1.807) is 11.8 Å². The zero-order valence-electron chi connectivity index (χ0n) is 10.9. The summed E-state index contributed by atoms with van der Waals surface area (Å²) in [5.74, 6) is -0.612. The Labute approximate surface area is 114 Å². The normalized spacial score (nSPS) is 12.6. The molecule has 0 radical (unpaired) electrons. The number of amidine groups is 1. The van der Waals surface area contributed by atoms with Crippen LogP contribution in [0.1, 0.15) is 18.1 Å². The van der Waals surface area contributed by atoms with Crippen LogP contribution >= 0.6 is 0 Å². The van der Waals surface area contributed by atoms with Crippen molar-refractivity contribution in [3.8, 4) is 0 Å². The molecule has 5 nitrogen and oxygen atoms in total. The highest BCUT2D eigenvalue weighted by Gasteiger charge is 2.34. The summed E-state index contributed by atoms with van der Waals surface area (Å²) < 4.78 is 38.6. The van der Waals surface area contributed by atoms with Crippen molar-refractivity contribution < 1.29 is 23.5 Å². The predicted molar refractivity (Wildman–Crippen MR) is 68.9 cm³/mol. The molecular weight excluding hydrogens is 275 g/mol. The first-order chi connectivity index (χ1) is 9.35. The third kappa shape index (κ3) is 3.53. The smallest absolute Gasteiger partial charge is 0.409 e. The first kappa shape index (κ1) is 16.1. The fraction of sp³-hybridized carbons (Fsp3) is 0.417. The van der Waals surface area contributed by atoms with Gasteiger partial charge in [-0.1, -0.05) is 5.16 Å². The van der Waals surface area contributed by atoms with Gasteiger partial charge in [0.1, 0.15) is 0 Å². The van der Waals surface area contributed by atoms with E-state index in [4.69, 9.17) is 16.0 Å². The van der Waals surface area contributed by atoms with Crippen molar-refractivity contribution in [1.29, 1.82) is 0 Å². The Hall–Kier alpha value is -1.96. The predicted octanol–water partition coefficient (Wildman–Crippen LogP) is 1.62. The highest BCUT2D eigenvalue weighted by Crippen LogP contribution is 2.34. The zero-order valence-corrected chi connectivity index (χ0v) is 10.9. The number of halogens is 3. The van der Waals surface area contributed by atoms with Gasteiger partial charge in [-0.05, 0) is 25.1 Å². The van der Waals surface area contributed by atoms with E-state index < -0.39 is 23.1 Å². The molecule has 0 aromatic heterocycles. The molecule has 1 aromatic carbocycles. The summed E-state index contributed by atoms with van der Waals surface area (Å²) in [4.78, 5) is 1.67. The maximum absolute atomic E-state index is 12.9. The van der Waals surface area contributed by atoms with E-state index in [-0.39, 0.29) is 13.2 Å². The van der Waals surface area contributed by atoms with Gasteiger partial charge < -0.3 is 20.9 Å². The van der Waals surface area contributed by atoms with Crippen molar-refractivity contribution in [2.24, 2.45) is 10.9 Å². The molecule has 20 heavy (non-hydrogen) atoms. The molecule has 112 valence electrons. The maximum atomic E-state index is 12.9. The summed E-state index contributed by atoms with van der Waals surface area (Å²) in [7, 11) is 0. The topological polar surface area (TPSA) is 82.1 Å². The lowest BCUT2D eigenvalue weighted by molar-refractivity contribution is -0.137. The van der Waals surface area contributed by atoms with E-state index in [0.29, 0.717) is 12.2 Å². The molecule has 0 bridgehead atoms. The van der Waals surface area contributed by atoms with Crippen LogP contribution in [0.25, 0.3) is 0 Å². The van der Waals surface area contributed by atoms with Crippen molar-refractivity contribution in [1.82, 2.24) is 0 Å². The molecule has 1 aromatic rings. The first-order valence-corrected chi connectivity index (χ1v) is 5.90. The van der Waals surface area contributed by atoms with Gasteiger partial charge in [0.2, 0.25) is 0 Å². The Kier molecular flexibility index (Phi) is 5.20. The Morgan fingerprint density at radius 3 is 2.50 bits per heavy atom. The van der Waals surface area contributed by atoms with Crippen LogP contribution in [0.2, 0.25) is 0 Å². The number of likely N-dealkylation sites (N-methyl/N-ethyl adjacent to an activating group) is 1. The number of aliphatic hydroxyl groups excluding tert-OH is 1. The minimum absolute atomic E-state index is 0.131. The largest absolute Gasteiger partial charge is 0.417 e. The molecule has 0 unspecified atom stereocenters. The van der Waals surface area contributed by atoms with Crippen LogP contribution in [0, 0.1) is 0 Å². The number of benzene rings is 1. The second-order valence-corrected chi connectivity index (χ2v) is 4.02. The van der Waals surface area contributed by atoms with Gasteiger partial charge in [0.05, 0.1) is 12.2 Å². The molecule has 0 fully saturated rings. The molecule has 0 saturated heterocycles. The summed E-state index contributed by atoms with van der Waals surface area (Å²) in [6.45, 7) is 2.45. The molecule has 0 heterocycles. The van der Waals surface area contributed by atoms with Gasteiger partial charge in [-0.2, -0.15) is 13.2 Å². The van der Waals surface area contributed by atoms with Gasteiger partial charge in [0.15, 0.2) is 5.84 Å². The molecule has 0 saturated carbocycles. The van der Waals surface area contributed by atoms with Crippen LogP contribution in [-0.2, 0) is 6.18 Å². The molecule has 0 aliphatic carbocycles. The summed E-state index contributed by atoms with van der Waals surface area (Å²) in [5, 5.41) is 20.2. The Morgan fingerprint density at radius 2 is 2.05 bits per heavy atom. The average molecular weight is 291 g/mol. The molecule has 0 aliphatic heterocycles. The quantitative estimate of drug-likeness (QED) is 0.333. The number of oxime groups is 1. The highest BCUT2D eigenvalue weighted by molar-refractivity contribution is 5.99. The van der Waals surface area contributed by atoms with Gasteiger partial charge in [0.25, 0.3) is 0 Å². The van der Waals surface area contributed by atoms with E-state index in [1.807, 2.05) is 0 Å². The average Bonchev–Trinajstić information content (AvgIpc) is 2.42.